The Labute approximate surface area is 118 Å². The largest absolute Gasteiger partial charge is 0.152 e. The van der Waals surface area contributed by atoms with E-state index in [-0.39, 0.29) is 0 Å². The molecule has 0 saturated carbocycles. The van der Waals surface area contributed by atoms with Crippen LogP contribution in [0.15, 0.2) is 69.1 Å². The lowest BCUT2D eigenvalue weighted by Gasteiger charge is -1.96. The van der Waals surface area contributed by atoms with Gasteiger partial charge in [-0.3, -0.25) is 0 Å². The minimum Gasteiger partial charge on any atom is -0.152 e. The number of hydrogen-bond acceptors (Lipinski definition) is 2. The number of rotatable bonds is 1. The molecule has 0 atom stereocenters. The maximum Gasteiger partial charge on any atom is 0.0343 e. The Balaban J connectivity index is 0.000000181. The fourth-order valence-electron chi connectivity index (χ4n) is 1.31. The third-order valence-corrected chi connectivity index (χ3v) is 4.10. The van der Waals surface area contributed by atoms with Gasteiger partial charge in [-0.2, -0.15) is 11.3 Å². The summed E-state index contributed by atoms with van der Waals surface area (Å²) in [6.45, 7) is 0. The van der Waals surface area contributed by atoms with Crippen molar-refractivity contribution in [3.63, 3.8) is 0 Å². The van der Waals surface area contributed by atoms with Gasteiger partial charge in [0.2, 0.25) is 0 Å². The summed E-state index contributed by atoms with van der Waals surface area (Å²) in [5.74, 6) is 0. The minimum atomic E-state index is 1.13. The summed E-state index contributed by atoms with van der Waals surface area (Å²) >= 11 is 6.93. The predicted molar refractivity (Wildman–Crippen MR) is 81.8 cm³/mol. The lowest BCUT2D eigenvalue weighted by atomic mass is 10.2. The van der Waals surface area contributed by atoms with Gasteiger partial charge in [0.15, 0.2) is 0 Å². The van der Waals surface area contributed by atoms with Crippen LogP contribution in [0, 0.1) is 0 Å². The van der Waals surface area contributed by atoms with E-state index in [4.69, 9.17) is 0 Å². The molecule has 0 saturated heterocycles. The van der Waals surface area contributed by atoms with Gasteiger partial charge in [0.25, 0.3) is 0 Å². The molecule has 17 heavy (non-hydrogen) atoms. The quantitative estimate of drug-likeness (QED) is 0.521. The lowest BCUT2D eigenvalue weighted by molar-refractivity contribution is 1.65. The van der Waals surface area contributed by atoms with Gasteiger partial charge in [-0.25, -0.2) is 0 Å². The second kappa shape index (κ2) is 6.74. The zero-order valence-corrected chi connectivity index (χ0v) is 12.3. The molecule has 3 rings (SSSR count). The SMILES string of the molecule is Brc1cccc(-c2cccs2)c1.c1ccsc1. The molecule has 3 aromatic rings. The molecule has 1 aromatic carbocycles. The van der Waals surface area contributed by atoms with Crippen molar-refractivity contribution in [1.29, 1.82) is 0 Å². The van der Waals surface area contributed by atoms with Crippen LogP contribution >= 0.6 is 38.6 Å². The standard InChI is InChI=1S/C10H7BrS.C4H4S/c11-9-4-1-3-8(7-9)10-5-2-6-12-10;1-2-4-5-3-1/h1-7H;1-4H. The van der Waals surface area contributed by atoms with Gasteiger partial charge in [0.1, 0.15) is 0 Å². The highest BCUT2D eigenvalue weighted by Gasteiger charge is 1.97. The molecule has 0 amide bonds. The van der Waals surface area contributed by atoms with Crippen molar-refractivity contribution < 1.29 is 0 Å². The van der Waals surface area contributed by atoms with Gasteiger partial charge in [0, 0.05) is 9.35 Å². The average Bonchev–Trinajstić information content (AvgIpc) is 3.06. The number of hydrogen-bond donors (Lipinski definition) is 0. The molecular formula is C14H11BrS2. The van der Waals surface area contributed by atoms with Crippen molar-refractivity contribution in [3.05, 3.63) is 69.1 Å². The maximum atomic E-state index is 3.45. The Morgan fingerprint density at radius 3 is 2.18 bits per heavy atom. The molecule has 0 aliphatic rings. The first-order chi connectivity index (χ1) is 8.36. The molecule has 0 bridgehead atoms. The monoisotopic (exact) mass is 322 g/mol. The van der Waals surface area contributed by atoms with Crippen LogP contribution in [0.1, 0.15) is 0 Å². The first kappa shape index (κ1) is 12.6. The van der Waals surface area contributed by atoms with Crippen LogP contribution in [-0.4, -0.2) is 0 Å². The Kier molecular flexibility index (Phi) is 4.98. The van der Waals surface area contributed by atoms with Crippen LogP contribution in [0.25, 0.3) is 10.4 Å². The van der Waals surface area contributed by atoms with Crippen LogP contribution < -0.4 is 0 Å². The molecule has 0 N–H and O–H groups in total. The summed E-state index contributed by atoms with van der Waals surface area (Å²) in [5, 5.41) is 6.18. The third-order valence-electron chi connectivity index (χ3n) is 2.06. The summed E-state index contributed by atoms with van der Waals surface area (Å²) in [5.41, 5.74) is 1.28. The number of thiophene rings is 2. The highest BCUT2D eigenvalue weighted by atomic mass is 79.9. The van der Waals surface area contributed by atoms with Crippen LogP contribution in [0.4, 0.5) is 0 Å². The zero-order valence-electron chi connectivity index (χ0n) is 9.05. The summed E-state index contributed by atoms with van der Waals surface area (Å²) in [6, 6.07) is 16.6. The molecule has 2 aromatic heterocycles. The zero-order chi connectivity index (χ0) is 11.9. The van der Waals surface area contributed by atoms with Gasteiger partial charge in [-0.15, -0.1) is 11.3 Å². The van der Waals surface area contributed by atoms with Gasteiger partial charge in [-0.1, -0.05) is 46.3 Å². The first-order valence-electron chi connectivity index (χ1n) is 5.13. The highest BCUT2D eigenvalue weighted by molar-refractivity contribution is 9.10. The summed E-state index contributed by atoms with van der Waals surface area (Å²) in [7, 11) is 0. The molecule has 0 aliphatic heterocycles. The highest BCUT2D eigenvalue weighted by Crippen LogP contribution is 2.26. The Morgan fingerprint density at radius 1 is 0.824 bits per heavy atom. The van der Waals surface area contributed by atoms with Crippen LogP contribution in [0.5, 0.6) is 0 Å². The Morgan fingerprint density at radius 2 is 1.65 bits per heavy atom. The van der Waals surface area contributed by atoms with E-state index in [0.717, 1.165) is 4.47 Å². The van der Waals surface area contributed by atoms with Crippen molar-refractivity contribution in [2.75, 3.05) is 0 Å². The van der Waals surface area contributed by atoms with E-state index in [0.29, 0.717) is 0 Å². The van der Waals surface area contributed by atoms with E-state index in [9.17, 15) is 0 Å². The van der Waals surface area contributed by atoms with Crippen molar-refractivity contribution in [2.24, 2.45) is 0 Å². The van der Waals surface area contributed by atoms with Gasteiger partial charge < -0.3 is 0 Å². The van der Waals surface area contributed by atoms with Gasteiger partial charge in [-0.05, 0) is 39.9 Å². The summed E-state index contributed by atoms with van der Waals surface area (Å²) in [6.07, 6.45) is 0. The number of halogens is 1. The van der Waals surface area contributed by atoms with Gasteiger partial charge >= 0.3 is 0 Å². The van der Waals surface area contributed by atoms with Gasteiger partial charge in [0.05, 0.1) is 0 Å². The lowest BCUT2D eigenvalue weighted by Crippen LogP contribution is -1.70. The third kappa shape index (κ3) is 4.11. The number of benzene rings is 1. The summed E-state index contributed by atoms with van der Waals surface area (Å²) < 4.78 is 1.13. The van der Waals surface area contributed by atoms with E-state index in [1.54, 1.807) is 22.7 Å². The molecule has 0 fully saturated rings. The van der Waals surface area contributed by atoms with Crippen molar-refractivity contribution in [2.45, 2.75) is 0 Å². The minimum absolute atomic E-state index is 1.13. The normalized spacial score (nSPS) is 9.47. The van der Waals surface area contributed by atoms with E-state index in [2.05, 4.69) is 51.6 Å². The predicted octanol–water partition coefficient (Wildman–Crippen LogP) is 5.93. The van der Waals surface area contributed by atoms with Crippen molar-refractivity contribution in [1.82, 2.24) is 0 Å². The second-order valence-electron chi connectivity index (χ2n) is 3.28. The Hall–Kier alpha value is -0.900. The average molecular weight is 323 g/mol. The molecule has 0 spiro atoms. The van der Waals surface area contributed by atoms with E-state index in [1.165, 1.54) is 10.4 Å². The topological polar surface area (TPSA) is 0 Å². The molecule has 3 heteroatoms. The van der Waals surface area contributed by atoms with E-state index >= 15 is 0 Å². The molecule has 0 aliphatic carbocycles. The fourth-order valence-corrected chi connectivity index (χ4v) is 2.89. The van der Waals surface area contributed by atoms with Crippen LogP contribution in [0.2, 0.25) is 0 Å². The first-order valence-corrected chi connectivity index (χ1v) is 7.74. The maximum absolute atomic E-state index is 3.45. The molecule has 2 heterocycles. The van der Waals surface area contributed by atoms with Crippen molar-refractivity contribution >= 4 is 38.6 Å². The molecule has 86 valence electrons. The molecule has 0 radical (unpaired) electrons. The van der Waals surface area contributed by atoms with Crippen LogP contribution in [0.3, 0.4) is 0 Å². The molecule has 0 unspecified atom stereocenters. The summed E-state index contributed by atoms with van der Waals surface area (Å²) in [4.78, 5) is 1.32. The smallest absolute Gasteiger partial charge is 0.0343 e. The van der Waals surface area contributed by atoms with Crippen LogP contribution in [-0.2, 0) is 0 Å². The second-order valence-corrected chi connectivity index (χ2v) is 5.96. The van der Waals surface area contributed by atoms with E-state index in [1.807, 2.05) is 29.0 Å². The van der Waals surface area contributed by atoms with Crippen molar-refractivity contribution in [3.8, 4) is 10.4 Å². The Bertz CT molecular complexity index is 510. The molecule has 0 nitrogen and oxygen atoms in total. The van der Waals surface area contributed by atoms with E-state index < -0.39 is 0 Å². The fraction of sp³-hybridized carbons (Fsp3) is 0. The molecular weight excluding hydrogens is 312 g/mol.